The molecule has 0 atom stereocenters. The Morgan fingerprint density at radius 1 is 0.973 bits per heavy atom. The van der Waals surface area contributed by atoms with Gasteiger partial charge in [0.2, 0.25) is 0 Å². The molecule has 0 saturated carbocycles. The largest absolute Gasteiger partial charge is 0.493 e. The van der Waals surface area contributed by atoms with Crippen LogP contribution >= 0.6 is 11.8 Å². The van der Waals surface area contributed by atoms with Crippen molar-refractivity contribution in [3.8, 4) is 23.0 Å². The highest BCUT2D eigenvalue weighted by Crippen LogP contribution is 2.38. The molecular formula is C29H37FN2O4S. The van der Waals surface area contributed by atoms with Gasteiger partial charge in [0.25, 0.3) is 0 Å². The number of aromatic nitrogens is 1. The SMILES string of the molecule is CNc1ccc(Oc2ccnc3cc(OCCCCCCCSC(=O)C(C)(C)C)c(OC)cc23)c(F)c1. The first-order valence-corrected chi connectivity index (χ1v) is 13.6. The van der Waals surface area contributed by atoms with Crippen LogP contribution in [0.3, 0.4) is 0 Å². The van der Waals surface area contributed by atoms with Crippen molar-refractivity contribution < 1.29 is 23.4 Å². The number of thioether (sulfide) groups is 1. The van der Waals surface area contributed by atoms with Gasteiger partial charge in [-0.05, 0) is 37.1 Å². The summed E-state index contributed by atoms with van der Waals surface area (Å²) in [5.74, 6) is 2.21. The summed E-state index contributed by atoms with van der Waals surface area (Å²) in [6, 6.07) is 10.1. The number of nitrogens with one attached hydrogen (secondary N) is 1. The Kier molecular flexibility index (Phi) is 10.4. The molecule has 3 rings (SSSR count). The standard InChI is InChI=1S/C29H37FN2O4S/c1-29(2,3)28(33)37-16-10-8-6-7-9-15-35-27-19-23-21(18-26(27)34-5)24(13-14-32-23)36-25-12-11-20(31-4)17-22(25)30/h11-14,17-19,31H,6-10,15-16H2,1-5H3. The van der Waals surface area contributed by atoms with E-state index in [0.717, 1.165) is 37.9 Å². The number of pyridine rings is 1. The lowest BCUT2D eigenvalue weighted by molar-refractivity contribution is -0.117. The van der Waals surface area contributed by atoms with Crippen molar-refractivity contribution >= 4 is 33.5 Å². The molecule has 8 heteroatoms. The summed E-state index contributed by atoms with van der Waals surface area (Å²) in [6.07, 6.45) is 6.87. The molecule has 0 fully saturated rings. The molecule has 3 aromatic rings. The van der Waals surface area contributed by atoms with Crippen molar-refractivity contribution in [2.45, 2.75) is 52.9 Å². The Labute approximate surface area is 223 Å². The van der Waals surface area contributed by atoms with E-state index in [9.17, 15) is 9.18 Å². The van der Waals surface area contributed by atoms with Crippen molar-refractivity contribution in [2.24, 2.45) is 5.41 Å². The van der Waals surface area contributed by atoms with Crippen molar-refractivity contribution in [1.29, 1.82) is 0 Å². The summed E-state index contributed by atoms with van der Waals surface area (Å²) in [5.41, 5.74) is 1.06. The second-order valence-corrected chi connectivity index (χ2v) is 10.9. The molecule has 0 aliphatic rings. The van der Waals surface area contributed by atoms with Gasteiger partial charge in [0.05, 0.1) is 19.2 Å². The molecule has 0 spiro atoms. The van der Waals surface area contributed by atoms with E-state index in [-0.39, 0.29) is 16.3 Å². The zero-order valence-electron chi connectivity index (χ0n) is 22.4. The van der Waals surface area contributed by atoms with Gasteiger partial charge in [-0.25, -0.2) is 4.39 Å². The summed E-state index contributed by atoms with van der Waals surface area (Å²) in [4.78, 5) is 16.4. The average Bonchev–Trinajstić information content (AvgIpc) is 2.87. The molecule has 0 aliphatic heterocycles. The Hall–Kier alpha value is -3.00. The van der Waals surface area contributed by atoms with E-state index < -0.39 is 5.82 Å². The number of anilines is 1. The van der Waals surface area contributed by atoms with Crippen LogP contribution in [-0.2, 0) is 4.79 Å². The van der Waals surface area contributed by atoms with Gasteiger partial charge in [0.1, 0.15) is 5.75 Å². The predicted octanol–water partition coefficient (Wildman–Crippen LogP) is 7.85. The third-order valence-electron chi connectivity index (χ3n) is 5.82. The highest BCUT2D eigenvalue weighted by atomic mass is 32.2. The lowest BCUT2D eigenvalue weighted by atomic mass is 10.00. The zero-order chi connectivity index (χ0) is 26.8. The Morgan fingerprint density at radius 2 is 1.73 bits per heavy atom. The fourth-order valence-electron chi connectivity index (χ4n) is 3.65. The van der Waals surface area contributed by atoms with Gasteiger partial charge in [-0.15, -0.1) is 0 Å². The number of benzene rings is 2. The molecule has 1 N–H and O–H groups in total. The zero-order valence-corrected chi connectivity index (χ0v) is 23.2. The van der Waals surface area contributed by atoms with Crippen LogP contribution < -0.4 is 19.5 Å². The lowest BCUT2D eigenvalue weighted by Crippen LogP contribution is -2.16. The minimum atomic E-state index is -0.458. The minimum absolute atomic E-state index is 0.130. The van der Waals surface area contributed by atoms with E-state index >= 15 is 0 Å². The van der Waals surface area contributed by atoms with Crippen LogP contribution in [0.1, 0.15) is 52.9 Å². The van der Waals surface area contributed by atoms with E-state index in [1.54, 1.807) is 38.6 Å². The van der Waals surface area contributed by atoms with Crippen LogP contribution in [-0.4, -0.2) is 36.6 Å². The van der Waals surface area contributed by atoms with Crippen molar-refractivity contribution in [2.75, 3.05) is 31.8 Å². The van der Waals surface area contributed by atoms with E-state index in [4.69, 9.17) is 14.2 Å². The molecular weight excluding hydrogens is 491 g/mol. The summed E-state index contributed by atoms with van der Waals surface area (Å²) in [7, 11) is 3.32. The molecule has 200 valence electrons. The van der Waals surface area contributed by atoms with Crippen LogP contribution in [0.4, 0.5) is 10.1 Å². The number of methoxy groups -OCH3 is 1. The van der Waals surface area contributed by atoms with Crippen molar-refractivity contribution in [3.63, 3.8) is 0 Å². The molecule has 6 nitrogen and oxygen atoms in total. The fraction of sp³-hybridized carbons (Fsp3) is 0.448. The van der Waals surface area contributed by atoms with Gasteiger partial charge in [0, 0.05) is 47.6 Å². The number of ether oxygens (including phenoxy) is 3. The van der Waals surface area contributed by atoms with Gasteiger partial charge in [0.15, 0.2) is 28.2 Å². The maximum Gasteiger partial charge on any atom is 0.194 e. The van der Waals surface area contributed by atoms with Crippen LogP contribution in [0.25, 0.3) is 10.9 Å². The van der Waals surface area contributed by atoms with Gasteiger partial charge in [-0.3, -0.25) is 9.78 Å². The van der Waals surface area contributed by atoms with Crippen LogP contribution in [0.5, 0.6) is 23.0 Å². The molecule has 37 heavy (non-hydrogen) atoms. The maximum absolute atomic E-state index is 14.5. The molecule has 1 heterocycles. The van der Waals surface area contributed by atoms with Crippen molar-refractivity contribution in [3.05, 3.63) is 48.4 Å². The van der Waals surface area contributed by atoms with Crippen LogP contribution in [0.2, 0.25) is 0 Å². The summed E-state index contributed by atoms with van der Waals surface area (Å²) in [6.45, 7) is 6.45. The maximum atomic E-state index is 14.5. The molecule has 0 bridgehead atoms. The fourth-order valence-corrected chi connectivity index (χ4v) is 4.61. The normalized spacial score (nSPS) is 11.4. The molecule has 0 amide bonds. The second kappa shape index (κ2) is 13.5. The number of unbranched alkanes of at least 4 members (excludes halogenated alkanes) is 4. The number of fused-ring (bicyclic) bond motifs is 1. The second-order valence-electron chi connectivity index (χ2n) is 9.83. The molecule has 0 saturated heterocycles. The van der Waals surface area contributed by atoms with E-state index in [1.807, 2.05) is 32.9 Å². The first-order chi connectivity index (χ1) is 17.7. The molecule has 0 radical (unpaired) electrons. The van der Waals surface area contributed by atoms with Crippen LogP contribution in [0.15, 0.2) is 42.6 Å². The molecule has 0 unspecified atom stereocenters. The number of nitrogens with zero attached hydrogens (tertiary/aromatic N) is 1. The predicted molar refractivity (Wildman–Crippen MR) is 150 cm³/mol. The Balaban J connectivity index is 1.53. The first kappa shape index (κ1) is 28.6. The molecule has 2 aromatic carbocycles. The number of halogens is 1. The summed E-state index contributed by atoms with van der Waals surface area (Å²) in [5, 5.41) is 3.86. The summed E-state index contributed by atoms with van der Waals surface area (Å²) < 4.78 is 31.9. The third kappa shape index (κ3) is 8.25. The number of hydrogen-bond acceptors (Lipinski definition) is 7. The van der Waals surface area contributed by atoms with E-state index in [0.29, 0.717) is 40.4 Å². The molecule has 0 aliphatic carbocycles. The van der Waals surface area contributed by atoms with Gasteiger partial charge >= 0.3 is 0 Å². The van der Waals surface area contributed by atoms with E-state index in [1.165, 1.54) is 17.8 Å². The smallest absolute Gasteiger partial charge is 0.194 e. The van der Waals surface area contributed by atoms with Gasteiger partial charge < -0.3 is 19.5 Å². The third-order valence-corrected chi connectivity index (χ3v) is 7.19. The highest BCUT2D eigenvalue weighted by molar-refractivity contribution is 8.13. The van der Waals surface area contributed by atoms with Gasteiger partial charge in [-0.2, -0.15) is 0 Å². The highest BCUT2D eigenvalue weighted by Gasteiger charge is 2.21. The number of hydrogen-bond donors (Lipinski definition) is 1. The lowest BCUT2D eigenvalue weighted by Gasteiger charge is -2.15. The minimum Gasteiger partial charge on any atom is -0.493 e. The number of rotatable bonds is 13. The monoisotopic (exact) mass is 528 g/mol. The number of carbonyl (C=O) groups excluding carboxylic acids is 1. The number of carbonyl (C=O) groups is 1. The van der Waals surface area contributed by atoms with Crippen molar-refractivity contribution in [1.82, 2.24) is 4.98 Å². The Morgan fingerprint density at radius 3 is 2.43 bits per heavy atom. The van der Waals surface area contributed by atoms with E-state index in [2.05, 4.69) is 10.3 Å². The average molecular weight is 529 g/mol. The quantitative estimate of drug-likeness (QED) is 0.227. The van der Waals surface area contributed by atoms with Crippen LogP contribution in [0, 0.1) is 11.2 Å². The summed E-state index contributed by atoms with van der Waals surface area (Å²) >= 11 is 1.44. The first-order valence-electron chi connectivity index (χ1n) is 12.6. The Bertz CT molecular complexity index is 1200. The topological polar surface area (TPSA) is 69.7 Å². The van der Waals surface area contributed by atoms with Gasteiger partial charge in [-0.1, -0.05) is 51.8 Å². The molecule has 1 aromatic heterocycles.